The molecule has 1 N–H and O–H groups in total. The zero-order valence-electron chi connectivity index (χ0n) is 9.62. The van der Waals surface area contributed by atoms with Gasteiger partial charge in [0.05, 0.1) is 10.3 Å². The van der Waals surface area contributed by atoms with Crippen molar-refractivity contribution in [3.63, 3.8) is 0 Å². The van der Waals surface area contributed by atoms with E-state index in [1.165, 1.54) is 30.6 Å². The second-order valence-electron chi connectivity index (χ2n) is 5.06. The highest BCUT2D eigenvalue weighted by molar-refractivity contribution is 9.11. The second-order valence-corrected chi connectivity index (χ2v) is 7.61. The Bertz CT molecular complexity index is 419. The van der Waals surface area contributed by atoms with Crippen molar-refractivity contribution in [1.82, 2.24) is 5.32 Å². The van der Waals surface area contributed by atoms with Crippen molar-refractivity contribution in [2.75, 3.05) is 0 Å². The van der Waals surface area contributed by atoms with E-state index in [-0.39, 0.29) is 5.91 Å². The van der Waals surface area contributed by atoms with Gasteiger partial charge in [-0.1, -0.05) is 12.8 Å². The topological polar surface area (TPSA) is 29.1 Å². The summed E-state index contributed by atoms with van der Waals surface area (Å²) in [5.41, 5.74) is 0. The van der Waals surface area contributed by atoms with Gasteiger partial charge in [-0.3, -0.25) is 4.79 Å². The van der Waals surface area contributed by atoms with E-state index in [1.807, 2.05) is 6.07 Å². The Kier molecular flexibility index (Phi) is 3.26. The van der Waals surface area contributed by atoms with Gasteiger partial charge in [0.2, 0.25) is 5.91 Å². The lowest BCUT2D eigenvalue weighted by molar-refractivity contribution is -0.123. The molecule has 92 valence electrons. The summed E-state index contributed by atoms with van der Waals surface area (Å²) in [6, 6.07) is 4.10. The first-order chi connectivity index (χ1) is 8.25. The third-order valence-corrected chi connectivity index (χ3v) is 5.65. The first kappa shape index (κ1) is 11.7. The number of fused-ring (bicyclic) bond motifs is 1. The Morgan fingerprint density at radius 3 is 2.65 bits per heavy atom. The van der Waals surface area contributed by atoms with E-state index < -0.39 is 0 Å². The summed E-state index contributed by atoms with van der Waals surface area (Å²) in [5.74, 6) is 2.03. The fourth-order valence-electron chi connectivity index (χ4n) is 3.12. The van der Waals surface area contributed by atoms with E-state index in [4.69, 9.17) is 0 Å². The van der Waals surface area contributed by atoms with Crippen LogP contribution in [0.2, 0.25) is 0 Å². The molecule has 2 saturated carbocycles. The average Bonchev–Trinajstić information content (AvgIpc) is 2.93. The van der Waals surface area contributed by atoms with Crippen LogP contribution in [-0.2, 0) is 11.3 Å². The number of rotatable bonds is 3. The Labute approximate surface area is 114 Å². The molecule has 2 nitrogen and oxygen atoms in total. The van der Waals surface area contributed by atoms with Crippen molar-refractivity contribution in [2.45, 2.75) is 32.2 Å². The molecule has 17 heavy (non-hydrogen) atoms. The van der Waals surface area contributed by atoms with E-state index in [9.17, 15) is 4.79 Å². The van der Waals surface area contributed by atoms with Crippen LogP contribution in [-0.4, -0.2) is 5.91 Å². The van der Waals surface area contributed by atoms with E-state index in [1.54, 1.807) is 11.3 Å². The summed E-state index contributed by atoms with van der Waals surface area (Å²) in [4.78, 5) is 13.3. The van der Waals surface area contributed by atoms with Crippen LogP contribution in [0.5, 0.6) is 0 Å². The van der Waals surface area contributed by atoms with Crippen LogP contribution >= 0.6 is 27.3 Å². The van der Waals surface area contributed by atoms with E-state index in [0.717, 1.165) is 3.79 Å². The molecule has 0 aliphatic heterocycles. The molecule has 2 aliphatic carbocycles. The fraction of sp³-hybridized carbons (Fsp3) is 0.615. The molecule has 2 fully saturated rings. The molecule has 2 aliphatic rings. The molecule has 0 spiro atoms. The molecule has 1 amide bonds. The van der Waals surface area contributed by atoms with Crippen LogP contribution in [0.25, 0.3) is 0 Å². The van der Waals surface area contributed by atoms with Crippen molar-refractivity contribution < 1.29 is 4.79 Å². The van der Waals surface area contributed by atoms with Gasteiger partial charge in [0.25, 0.3) is 0 Å². The van der Waals surface area contributed by atoms with E-state index in [0.29, 0.717) is 24.3 Å². The van der Waals surface area contributed by atoms with Crippen molar-refractivity contribution in [1.29, 1.82) is 0 Å². The predicted octanol–water partition coefficient (Wildman–Crippen LogP) is 3.56. The fourth-order valence-corrected chi connectivity index (χ4v) is 4.54. The molecular formula is C13H16BrNOS. The van der Waals surface area contributed by atoms with Crippen LogP contribution in [0.4, 0.5) is 0 Å². The maximum atomic E-state index is 12.0. The highest BCUT2D eigenvalue weighted by Gasteiger charge is 2.54. The van der Waals surface area contributed by atoms with Gasteiger partial charge in [0, 0.05) is 10.8 Å². The molecule has 0 saturated heterocycles. The van der Waals surface area contributed by atoms with Gasteiger partial charge < -0.3 is 5.32 Å². The normalized spacial score (nSPS) is 30.8. The average molecular weight is 314 g/mol. The number of carbonyl (C=O) groups is 1. The van der Waals surface area contributed by atoms with Crippen LogP contribution in [0.15, 0.2) is 15.9 Å². The number of halogens is 1. The minimum Gasteiger partial charge on any atom is -0.351 e. The van der Waals surface area contributed by atoms with Gasteiger partial charge >= 0.3 is 0 Å². The zero-order valence-corrected chi connectivity index (χ0v) is 12.0. The molecule has 0 bridgehead atoms. The van der Waals surface area contributed by atoms with Gasteiger partial charge in [0.1, 0.15) is 0 Å². The van der Waals surface area contributed by atoms with Gasteiger partial charge in [0.15, 0.2) is 0 Å². The molecule has 1 aromatic heterocycles. The van der Waals surface area contributed by atoms with Crippen LogP contribution in [0.1, 0.15) is 30.6 Å². The standard InChI is InChI=1S/C13H16BrNOS/c14-11-6-5-8(17-11)7-15-13(16)12-9-3-1-2-4-10(9)12/h5-6,9-10,12H,1-4,7H2,(H,15,16). The molecule has 3 rings (SSSR count). The molecule has 0 radical (unpaired) electrons. The maximum absolute atomic E-state index is 12.0. The van der Waals surface area contributed by atoms with Crippen molar-refractivity contribution >= 4 is 33.2 Å². The number of hydrogen-bond acceptors (Lipinski definition) is 2. The quantitative estimate of drug-likeness (QED) is 0.908. The first-order valence-electron chi connectivity index (χ1n) is 6.27. The Morgan fingerprint density at radius 2 is 2.06 bits per heavy atom. The third-order valence-electron chi connectivity index (χ3n) is 4.02. The number of nitrogens with one attached hydrogen (secondary N) is 1. The minimum absolute atomic E-state index is 0.284. The summed E-state index contributed by atoms with van der Waals surface area (Å²) in [5, 5.41) is 3.08. The number of amides is 1. The third kappa shape index (κ3) is 2.43. The van der Waals surface area contributed by atoms with Crippen LogP contribution in [0, 0.1) is 17.8 Å². The maximum Gasteiger partial charge on any atom is 0.223 e. The van der Waals surface area contributed by atoms with Gasteiger partial charge in [-0.25, -0.2) is 0 Å². The predicted molar refractivity (Wildman–Crippen MR) is 72.8 cm³/mol. The highest BCUT2D eigenvalue weighted by atomic mass is 79.9. The number of carbonyl (C=O) groups excluding carboxylic acids is 1. The Morgan fingerprint density at radius 1 is 1.35 bits per heavy atom. The van der Waals surface area contributed by atoms with Gasteiger partial charge in [-0.15, -0.1) is 11.3 Å². The molecule has 4 heteroatoms. The molecule has 0 aromatic carbocycles. The highest BCUT2D eigenvalue weighted by Crippen LogP contribution is 2.55. The lowest BCUT2D eigenvalue weighted by Crippen LogP contribution is -2.25. The lowest BCUT2D eigenvalue weighted by Gasteiger charge is -2.04. The smallest absolute Gasteiger partial charge is 0.223 e. The molecule has 2 atom stereocenters. The number of thiophene rings is 1. The minimum atomic E-state index is 0.284. The van der Waals surface area contributed by atoms with Crippen LogP contribution < -0.4 is 5.32 Å². The summed E-state index contributed by atoms with van der Waals surface area (Å²) in [6.45, 7) is 0.686. The van der Waals surface area contributed by atoms with Gasteiger partial charge in [-0.05, 0) is 52.7 Å². The second kappa shape index (κ2) is 4.73. The van der Waals surface area contributed by atoms with E-state index >= 15 is 0 Å². The Hall–Kier alpha value is -0.350. The van der Waals surface area contributed by atoms with Crippen LogP contribution in [0.3, 0.4) is 0 Å². The SMILES string of the molecule is O=C(NCc1ccc(Br)s1)C1C2CCCCC21. The summed E-state index contributed by atoms with van der Waals surface area (Å²) >= 11 is 5.13. The van der Waals surface area contributed by atoms with Gasteiger partial charge in [-0.2, -0.15) is 0 Å². The molecule has 1 heterocycles. The van der Waals surface area contributed by atoms with Crippen molar-refractivity contribution in [2.24, 2.45) is 17.8 Å². The number of hydrogen-bond donors (Lipinski definition) is 1. The largest absolute Gasteiger partial charge is 0.351 e. The summed E-state index contributed by atoms with van der Waals surface area (Å²) in [7, 11) is 0. The monoisotopic (exact) mass is 313 g/mol. The molecule has 2 unspecified atom stereocenters. The lowest BCUT2D eigenvalue weighted by atomic mass is 10.0. The summed E-state index contributed by atoms with van der Waals surface area (Å²) in [6.07, 6.45) is 5.19. The van der Waals surface area contributed by atoms with Crippen molar-refractivity contribution in [3.05, 3.63) is 20.8 Å². The van der Waals surface area contributed by atoms with E-state index in [2.05, 4.69) is 27.3 Å². The molecule has 1 aromatic rings. The summed E-state index contributed by atoms with van der Waals surface area (Å²) < 4.78 is 1.13. The molecular weight excluding hydrogens is 298 g/mol. The first-order valence-corrected chi connectivity index (χ1v) is 7.88. The Balaban J connectivity index is 1.51. The van der Waals surface area contributed by atoms with Crippen molar-refractivity contribution in [3.8, 4) is 0 Å². The zero-order chi connectivity index (χ0) is 11.8.